The van der Waals surface area contributed by atoms with Gasteiger partial charge in [0, 0.05) is 13.5 Å². The molecule has 2 aromatic rings. The molecule has 0 radical (unpaired) electrons. The highest BCUT2D eigenvalue weighted by Gasteiger charge is 2.16. The van der Waals surface area contributed by atoms with Crippen molar-refractivity contribution in [1.82, 2.24) is 0 Å². The summed E-state index contributed by atoms with van der Waals surface area (Å²) in [5.41, 5.74) is 1.02. The molecule has 0 fully saturated rings. The van der Waals surface area contributed by atoms with Crippen molar-refractivity contribution in [1.29, 1.82) is 0 Å². The van der Waals surface area contributed by atoms with Crippen LogP contribution in [0.3, 0.4) is 0 Å². The topological polar surface area (TPSA) is 0 Å². The Morgan fingerprint density at radius 1 is 1.12 bits per heavy atom. The van der Waals surface area contributed by atoms with E-state index >= 15 is 0 Å². The zero-order valence-electron chi connectivity index (χ0n) is 7.88. The van der Waals surface area contributed by atoms with Gasteiger partial charge < -0.3 is 0 Å². The van der Waals surface area contributed by atoms with Gasteiger partial charge in [-0.25, -0.2) is 0 Å². The summed E-state index contributed by atoms with van der Waals surface area (Å²) in [6.07, 6.45) is 0. The molecule has 2 rings (SSSR count). The summed E-state index contributed by atoms with van der Waals surface area (Å²) in [7, 11) is 0. The van der Waals surface area contributed by atoms with Gasteiger partial charge in [0.1, 0.15) is 0 Å². The number of halogens is 4. The highest BCUT2D eigenvalue weighted by molar-refractivity contribution is 14.1. The lowest BCUT2D eigenvalue weighted by molar-refractivity contribution is 1.17. The second kappa shape index (κ2) is 5.44. The third kappa shape index (κ3) is 2.85. The third-order valence-electron chi connectivity index (χ3n) is 2.07. The average Bonchev–Trinajstić information content (AvgIpc) is 2.67. The van der Waals surface area contributed by atoms with Gasteiger partial charge in [0.25, 0.3) is 0 Å². The van der Waals surface area contributed by atoms with Gasteiger partial charge in [0.05, 0.1) is 9.71 Å². The van der Waals surface area contributed by atoms with E-state index < -0.39 is 0 Å². The third-order valence-corrected chi connectivity index (χ3v) is 5.19. The van der Waals surface area contributed by atoms with Crippen LogP contribution in [0.25, 0.3) is 0 Å². The molecule has 16 heavy (non-hydrogen) atoms. The quantitative estimate of drug-likeness (QED) is 0.427. The Morgan fingerprint density at radius 2 is 1.88 bits per heavy atom. The molecule has 0 aliphatic heterocycles. The first-order valence-electron chi connectivity index (χ1n) is 4.42. The van der Waals surface area contributed by atoms with Gasteiger partial charge in [0.2, 0.25) is 0 Å². The Morgan fingerprint density at radius 3 is 2.50 bits per heavy atom. The summed E-state index contributed by atoms with van der Waals surface area (Å²) in [4.78, 5) is 1.03. The summed E-state index contributed by atoms with van der Waals surface area (Å²) in [5.74, 6) is 0. The molecule has 0 amide bonds. The Balaban J connectivity index is 2.40. The van der Waals surface area contributed by atoms with E-state index in [0.29, 0.717) is 5.02 Å². The average molecular weight is 403 g/mol. The van der Waals surface area contributed by atoms with Crippen LogP contribution >= 0.6 is 68.7 Å². The largest absolute Gasteiger partial charge is 0.127 e. The van der Waals surface area contributed by atoms with Crippen LogP contribution in [0.2, 0.25) is 9.36 Å². The van der Waals surface area contributed by atoms with Gasteiger partial charge in [-0.1, -0.05) is 23.2 Å². The van der Waals surface area contributed by atoms with Gasteiger partial charge in [-0.3, -0.25) is 0 Å². The molecule has 0 spiro atoms. The summed E-state index contributed by atoms with van der Waals surface area (Å²) in [6.45, 7) is 0. The molecular formula is C11H6Cl3IS. The van der Waals surface area contributed by atoms with Crippen molar-refractivity contribution in [3.63, 3.8) is 0 Å². The molecule has 0 aliphatic rings. The monoisotopic (exact) mass is 402 g/mol. The first kappa shape index (κ1) is 13.0. The molecule has 1 unspecified atom stereocenters. The van der Waals surface area contributed by atoms with E-state index in [1.54, 1.807) is 0 Å². The second-order valence-corrected chi connectivity index (χ2v) is 6.95. The fourth-order valence-corrected chi connectivity index (χ4v) is 3.78. The maximum absolute atomic E-state index is 6.41. The Bertz CT molecular complexity index is 510. The Hall–Kier alpha value is 0.520. The van der Waals surface area contributed by atoms with Crippen molar-refractivity contribution < 1.29 is 0 Å². The molecular weight excluding hydrogens is 397 g/mol. The molecule has 1 heterocycles. The molecule has 0 aliphatic carbocycles. The maximum Gasteiger partial charge on any atom is 0.0939 e. The van der Waals surface area contributed by atoms with Crippen LogP contribution < -0.4 is 0 Å². The molecule has 84 valence electrons. The Labute approximate surface area is 127 Å². The minimum atomic E-state index is -0.192. The molecule has 0 bridgehead atoms. The molecule has 1 aromatic carbocycles. The predicted octanol–water partition coefficient (Wildman–Crippen LogP) is 5.99. The number of alkyl halides is 1. The van der Waals surface area contributed by atoms with Crippen molar-refractivity contribution >= 4 is 68.7 Å². The number of benzene rings is 1. The van der Waals surface area contributed by atoms with Crippen LogP contribution in [0.5, 0.6) is 0 Å². The van der Waals surface area contributed by atoms with Gasteiger partial charge in [-0.05, 0) is 58.5 Å². The Kier molecular flexibility index (Phi) is 4.41. The molecule has 1 aromatic heterocycles. The first-order valence-corrected chi connectivity index (χ1v) is 7.51. The highest BCUT2D eigenvalue weighted by atomic mass is 127. The van der Waals surface area contributed by atoms with Crippen LogP contribution in [0.4, 0.5) is 0 Å². The minimum Gasteiger partial charge on any atom is -0.127 e. The lowest BCUT2D eigenvalue weighted by Gasteiger charge is -2.10. The molecule has 0 saturated carbocycles. The van der Waals surface area contributed by atoms with Crippen LogP contribution in [-0.2, 0) is 0 Å². The standard InChI is InChI=1S/C11H6Cl3IS/c12-6-1-2-8(15)7(5-6)11(14)9-3-4-10(13)16-9/h1-5,11H. The smallest absolute Gasteiger partial charge is 0.0939 e. The molecule has 0 nitrogen and oxygen atoms in total. The zero-order chi connectivity index (χ0) is 11.7. The predicted molar refractivity (Wildman–Crippen MR) is 81.2 cm³/mol. The van der Waals surface area contributed by atoms with Crippen LogP contribution in [0.1, 0.15) is 15.8 Å². The fourth-order valence-electron chi connectivity index (χ4n) is 1.33. The molecule has 1 atom stereocenters. The fraction of sp³-hybridized carbons (Fsp3) is 0.0909. The molecule has 5 heteroatoms. The van der Waals surface area contributed by atoms with Crippen LogP contribution in [0.15, 0.2) is 30.3 Å². The van der Waals surface area contributed by atoms with Crippen molar-refractivity contribution in [2.24, 2.45) is 0 Å². The van der Waals surface area contributed by atoms with Crippen LogP contribution in [-0.4, -0.2) is 0 Å². The van der Waals surface area contributed by atoms with Gasteiger partial charge in [-0.15, -0.1) is 22.9 Å². The maximum atomic E-state index is 6.41. The summed E-state index contributed by atoms with van der Waals surface area (Å²) < 4.78 is 1.85. The van der Waals surface area contributed by atoms with Crippen molar-refractivity contribution in [2.45, 2.75) is 5.38 Å². The van der Waals surface area contributed by atoms with Gasteiger partial charge in [-0.2, -0.15) is 0 Å². The van der Waals surface area contributed by atoms with E-state index in [0.717, 1.165) is 18.3 Å². The van der Waals surface area contributed by atoms with E-state index in [1.807, 2.05) is 30.3 Å². The van der Waals surface area contributed by atoms with E-state index in [2.05, 4.69) is 22.6 Å². The van der Waals surface area contributed by atoms with E-state index in [4.69, 9.17) is 34.8 Å². The molecule has 0 saturated heterocycles. The number of hydrogen-bond donors (Lipinski definition) is 0. The SMILES string of the molecule is Clc1ccc(I)c(C(Cl)c2ccc(Cl)s2)c1. The number of rotatable bonds is 2. The van der Waals surface area contributed by atoms with Gasteiger partial charge in [0.15, 0.2) is 0 Å². The summed E-state index contributed by atoms with van der Waals surface area (Å²) in [5, 5.41) is 0.506. The lowest BCUT2D eigenvalue weighted by Crippen LogP contribution is -1.93. The second-order valence-electron chi connectivity index (χ2n) is 3.17. The molecule has 0 N–H and O–H groups in total. The zero-order valence-corrected chi connectivity index (χ0v) is 13.1. The normalized spacial score (nSPS) is 12.8. The van der Waals surface area contributed by atoms with Gasteiger partial charge >= 0.3 is 0 Å². The van der Waals surface area contributed by atoms with E-state index in [9.17, 15) is 0 Å². The van der Waals surface area contributed by atoms with Crippen LogP contribution in [0, 0.1) is 3.57 Å². The number of thiophene rings is 1. The van der Waals surface area contributed by atoms with Crippen molar-refractivity contribution in [3.8, 4) is 0 Å². The van der Waals surface area contributed by atoms with E-state index in [-0.39, 0.29) is 5.38 Å². The summed E-state index contributed by atoms with van der Waals surface area (Å²) >= 11 is 22.0. The van der Waals surface area contributed by atoms with Crippen molar-refractivity contribution in [2.75, 3.05) is 0 Å². The highest BCUT2D eigenvalue weighted by Crippen LogP contribution is 2.38. The summed E-state index contributed by atoms with van der Waals surface area (Å²) in [6, 6.07) is 9.52. The number of hydrogen-bond acceptors (Lipinski definition) is 1. The minimum absolute atomic E-state index is 0.192. The first-order chi connectivity index (χ1) is 7.58. The van der Waals surface area contributed by atoms with Crippen molar-refractivity contribution in [3.05, 3.63) is 53.7 Å². The lowest BCUT2D eigenvalue weighted by atomic mass is 10.1. The van der Waals surface area contributed by atoms with E-state index in [1.165, 1.54) is 11.3 Å².